The van der Waals surface area contributed by atoms with Crippen molar-refractivity contribution in [2.24, 2.45) is 0 Å². The third kappa shape index (κ3) is 2.56. The second-order valence-electron chi connectivity index (χ2n) is 7.01. The molecule has 0 saturated heterocycles. The SMILES string of the molecule is CCn1c(NC2CCCC2)nc2c(ccn2C2CCCC2)c1=O. The van der Waals surface area contributed by atoms with Crippen LogP contribution in [0.15, 0.2) is 17.1 Å². The number of fused-ring (bicyclic) bond motifs is 1. The van der Waals surface area contributed by atoms with Gasteiger partial charge < -0.3 is 9.88 Å². The van der Waals surface area contributed by atoms with Crippen molar-refractivity contribution in [3.05, 3.63) is 22.6 Å². The Hall–Kier alpha value is -1.78. The Morgan fingerprint density at radius 2 is 1.87 bits per heavy atom. The molecule has 2 aliphatic carbocycles. The molecule has 2 aromatic rings. The Balaban J connectivity index is 1.80. The highest BCUT2D eigenvalue weighted by atomic mass is 16.1. The quantitative estimate of drug-likeness (QED) is 0.936. The number of anilines is 1. The average Bonchev–Trinajstić information content (AvgIpc) is 3.28. The van der Waals surface area contributed by atoms with Crippen molar-refractivity contribution >= 4 is 17.0 Å². The summed E-state index contributed by atoms with van der Waals surface area (Å²) in [5, 5.41) is 4.30. The first kappa shape index (κ1) is 14.8. The van der Waals surface area contributed by atoms with Gasteiger partial charge in [0, 0.05) is 24.8 Å². The smallest absolute Gasteiger partial charge is 0.264 e. The fourth-order valence-corrected chi connectivity index (χ4v) is 4.26. The summed E-state index contributed by atoms with van der Waals surface area (Å²) in [6.07, 6.45) is 11.9. The summed E-state index contributed by atoms with van der Waals surface area (Å²) < 4.78 is 4.03. The first-order chi connectivity index (χ1) is 11.3. The van der Waals surface area contributed by atoms with Crippen LogP contribution < -0.4 is 10.9 Å². The minimum Gasteiger partial charge on any atom is -0.353 e. The van der Waals surface area contributed by atoms with Gasteiger partial charge in [0.15, 0.2) is 0 Å². The molecular weight excluding hydrogens is 288 g/mol. The predicted octanol–water partition coefficient (Wildman–Crippen LogP) is 3.69. The second-order valence-corrected chi connectivity index (χ2v) is 7.01. The molecule has 2 aliphatic rings. The molecule has 2 saturated carbocycles. The fraction of sp³-hybridized carbons (Fsp3) is 0.667. The van der Waals surface area contributed by atoms with Gasteiger partial charge >= 0.3 is 0 Å². The van der Waals surface area contributed by atoms with E-state index in [4.69, 9.17) is 4.98 Å². The van der Waals surface area contributed by atoms with E-state index in [-0.39, 0.29) is 5.56 Å². The van der Waals surface area contributed by atoms with Gasteiger partial charge in [-0.05, 0) is 38.7 Å². The van der Waals surface area contributed by atoms with E-state index < -0.39 is 0 Å². The molecule has 0 atom stereocenters. The van der Waals surface area contributed by atoms with Gasteiger partial charge in [-0.2, -0.15) is 4.98 Å². The van der Waals surface area contributed by atoms with E-state index in [0.29, 0.717) is 18.6 Å². The molecule has 2 heterocycles. The van der Waals surface area contributed by atoms with Crippen molar-refractivity contribution in [1.82, 2.24) is 14.1 Å². The van der Waals surface area contributed by atoms with E-state index in [1.165, 1.54) is 51.4 Å². The van der Waals surface area contributed by atoms with E-state index in [1.807, 2.05) is 13.0 Å². The molecule has 0 spiro atoms. The molecular formula is C18H26N4O. The van der Waals surface area contributed by atoms with Gasteiger partial charge in [-0.25, -0.2) is 0 Å². The molecule has 0 aliphatic heterocycles. The van der Waals surface area contributed by atoms with Gasteiger partial charge in [0.05, 0.1) is 5.39 Å². The molecule has 0 radical (unpaired) electrons. The zero-order valence-corrected chi connectivity index (χ0v) is 13.9. The summed E-state index contributed by atoms with van der Waals surface area (Å²) in [7, 11) is 0. The van der Waals surface area contributed by atoms with Crippen LogP contribution in [-0.4, -0.2) is 20.2 Å². The van der Waals surface area contributed by atoms with E-state index >= 15 is 0 Å². The maximum atomic E-state index is 12.9. The molecule has 23 heavy (non-hydrogen) atoms. The third-order valence-corrected chi connectivity index (χ3v) is 5.55. The molecule has 0 aromatic carbocycles. The summed E-state index contributed by atoms with van der Waals surface area (Å²) in [6.45, 7) is 2.67. The van der Waals surface area contributed by atoms with Gasteiger partial charge in [-0.1, -0.05) is 25.7 Å². The molecule has 0 unspecified atom stereocenters. The van der Waals surface area contributed by atoms with Crippen LogP contribution in [0.2, 0.25) is 0 Å². The predicted molar refractivity (Wildman–Crippen MR) is 93.1 cm³/mol. The normalized spacial score (nSPS) is 19.9. The summed E-state index contributed by atoms with van der Waals surface area (Å²) in [5.74, 6) is 0.759. The lowest BCUT2D eigenvalue weighted by molar-refractivity contribution is 0.531. The Morgan fingerprint density at radius 1 is 1.17 bits per heavy atom. The van der Waals surface area contributed by atoms with E-state index in [9.17, 15) is 4.79 Å². The van der Waals surface area contributed by atoms with E-state index in [1.54, 1.807) is 4.57 Å². The number of rotatable bonds is 4. The van der Waals surface area contributed by atoms with Gasteiger partial charge in [0.2, 0.25) is 5.95 Å². The van der Waals surface area contributed by atoms with Crippen LogP contribution >= 0.6 is 0 Å². The molecule has 5 nitrogen and oxygen atoms in total. The number of nitrogens with one attached hydrogen (secondary N) is 1. The molecule has 2 aromatic heterocycles. The lowest BCUT2D eigenvalue weighted by atomic mass is 10.2. The topological polar surface area (TPSA) is 51.9 Å². The average molecular weight is 314 g/mol. The molecule has 0 bridgehead atoms. The second kappa shape index (κ2) is 6.02. The maximum absolute atomic E-state index is 12.9. The summed E-state index contributed by atoms with van der Waals surface area (Å²) in [6, 6.07) is 2.93. The number of hydrogen-bond donors (Lipinski definition) is 1. The minimum atomic E-state index is 0.0924. The van der Waals surface area contributed by atoms with Crippen molar-refractivity contribution in [1.29, 1.82) is 0 Å². The Kier molecular flexibility index (Phi) is 3.87. The number of aromatic nitrogens is 3. The van der Waals surface area contributed by atoms with Crippen molar-refractivity contribution < 1.29 is 0 Å². The lowest BCUT2D eigenvalue weighted by Gasteiger charge is -2.18. The van der Waals surface area contributed by atoms with Gasteiger partial charge in [0.25, 0.3) is 5.56 Å². The zero-order valence-electron chi connectivity index (χ0n) is 13.9. The minimum absolute atomic E-state index is 0.0924. The largest absolute Gasteiger partial charge is 0.353 e. The van der Waals surface area contributed by atoms with Gasteiger partial charge in [0.1, 0.15) is 5.65 Å². The van der Waals surface area contributed by atoms with Crippen LogP contribution in [0, 0.1) is 0 Å². The van der Waals surface area contributed by atoms with Crippen LogP contribution in [0.3, 0.4) is 0 Å². The van der Waals surface area contributed by atoms with E-state index in [0.717, 1.165) is 17.0 Å². The zero-order chi connectivity index (χ0) is 15.8. The Morgan fingerprint density at radius 3 is 2.57 bits per heavy atom. The lowest BCUT2D eigenvalue weighted by Crippen LogP contribution is -2.28. The highest BCUT2D eigenvalue weighted by molar-refractivity contribution is 5.76. The maximum Gasteiger partial charge on any atom is 0.264 e. The highest BCUT2D eigenvalue weighted by Gasteiger charge is 2.22. The molecule has 0 amide bonds. The van der Waals surface area contributed by atoms with Gasteiger partial charge in [-0.3, -0.25) is 9.36 Å². The van der Waals surface area contributed by atoms with Crippen LogP contribution in [0.25, 0.3) is 11.0 Å². The summed E-state index contributed by atoms with van der Waals surface area (Å²) in [5.41, 5.74) is 0.960. The fourth-order valence-electron chi connectivity index (χ4n) is 4.26. The highest BCUT2D eigenvalue weighted by Crippen LogP contribution is 2.32. The molecule has 124 valence electrons. The van der Waals surface area contributed by atoms with Crippen molar-refractivity contribution in [3.8, 4) is 0 Å². The summed E-state index contributed by atoms with van der Waals surface area (Å²) in [4.78, 5) is 17.7. The Bertz CT molecular complexity index is 748. The first-order valence-electron chi connectivity index (χ1n) is 9.16. The molecule has 4 rings (SSSR count). The van der Waals surface area contributed by atoms with Crippen molar-refractivity contribution in [2.45, 2.75) is 76.9 Å². The molecule has 1 N–H and O–H groups in total. The van der Waals surface area contributed by atoms with Crippen LogP contribution in [-0.2, 0) is 6.54 Å². The first-order valence-corrected chi connectivity index (χ1v) is 9.16. The summed E-state index contributed by atoms with van der Waals surface area (Å²) >= 11 is 0. The van der Waals surface area contributed by atoms with Crippen LogP contribution in [0.5, 0.6) is 0 Å². The Labute approximate surface area is 136 Å². The van der Waals surface area contributed by atoms with Crippen LogP contribution in [0.1, 0.15) is 64.3 Å². The van der Waals surface area contributed by atoms with Gasteiger partial charge in [-0.15, -0.1) is 0 Å². The number of nitrogens with zero attached hydrogens (tertiary/aromatic N) is 3. The molecule has 5 heteroatoms. The number of hydrogen-bond acceptors (Lipinski definition) is 3. The van der Waals surface area contributed by atoms with Crippen molar-refractivity contribution in [3.63, 3.8) is 0 Å². The van der Waals surface area contributed by atoms with E-state index in [2.05, 4.69) is 16.1 Å². The standard InChI is InChI=1S/C18H26N4O/c1-2-21-17(23)15-11-12-22(14-9-5-6-10-14)16(15)20-18(21)19-13-7-3-4-8-13/h11-14H,2-10H2,1H3,(H,19,20). The monoisotopic (exact) mass is 314 g/mol. The van der Waals surface area contributed by atoms with Crippen molar-refractivity contribution in [2.75, 3.05) is 5.32 Å². The molecule has 2 fully saturated rings. The third-order valence-electron chi connectivity index (χ3n) is 5.55. The van der Waals surface area contributed by atoms with Crippen LogP contribution in [0.4, 0.5) is 5.95 Å².